The third-order valence-electron chi connectivity index (χ3n) is 7.48. The number of nitrogens with zero attached hydrogens (tertiary/aromatic N) is 3. The monoisotopic (exact) mass is 440 g/mol. The highest BCUT2D eigenvalue weighted by Gasteiger charge is 2.34. The smallest absolute Gasteiger partial charge is 0.268 e. The number of nitrogens with one attached hydrogen (secondary N) is 1. The first-order valence-electron chi connectivity index (χ1n) is 11.9. The maximum absolute atomic E-state index is 13.4. The highest BCUT2D eigenvalue weighted by atomic mass is 16.5. The van der Waals surface area contributed by atoms with Crippen LogP contribution in [0.1, 0.15) is 55.8 Å². The molecule has 2 atom stereocenters. The molecule has 172 valence electrons. The molecule has 2 bridgehead atoms. The predicted octanol–water partition coefficient (Wildman–Crippen LogP) is 2.27. The van der Waals surface area contributed by atoms with Crippen molar-refractivity contribution in [3.63, 3.8) is 0 Å². The number of carbonyl (C=O) groups excluding carboxylic acids is 1. The average Bonchev–Trinajstić information content (AvgIpc) is 2.81. The number of hydrogen-bond acceptors (Lipinski definition) is 6. The lowest BCUT2D eigenvalue weighted by Gasteiger charge is -2.45. The summed E-state index contributed by atoms with van der Waals surface area (Å²) in [5.74, 6) is -0.102. The zero-order valence-electron chi connectivity index (χ0n) is 18.6. The fourth-order valence-electron chi connectivity index (χ4n) is 5.48. The molecule has 32 heavy (non-hydrogen) atoms. The molecular weight excluding hydrogens is 408 g/mol. The topological polar surface area (TPSA) is 96.7 Å². The Morgan fingerprint density at radius 3 is 2.72 bits per heavy atom. The molecule has 6 rings (SSSR count). The fourth-order valence-corrected chi connectivity index (χ4v) is 5.48. The van der Waals surface area contributed by atoms with Crippen molar-refractivity contribution >= 4 is 16.9 Å². The molecule has 0 unspecified atom stereocenters. The normalized spacial score (nSPS) is 28.2. The van der Waals surface area contributed by atoms with Crippen molar-refractivity contribution in [1.82, 2.24) is 19.8 Å². The Morgan fingerprint density at radius 1 is 1.22 bits per heavy atom. The molecule has 0 spiro atoms. The maximum Gasteiger partial charge on any atom is 0.268 e. The molecule has 8 heteroatoms. The molecule has 4 fully saturated rings. The minimum Gasteiger partial charge on any atom is -0.506 e. The highest BCUT2D eigenvalue weighted by molar-refractivity contribution is 6.01. The van der Waals surface area contributed by atoms with Gasteiger partial charge in [-0.1, -0.05) is 6.92 Å². The highest BCUT2D eigenvalue weighted by Crippen LogP contribution is 2.28. The third-order valence-corrected chi connectivity index (χ3v) is 7.48. The van der Waals surface area contributed by atoms with Crippen LogP contribution in [-0.2, 0) is 11.3 Å². The molecule has 3 aliphatic heterocycles. The molecule has 1 amide bonds. The summed E-state index contributed by atoms with van der Waals surface area (Å²) in [6.07, 6.45) is 8.00. The molecule has 1 saturated carbocycles. The zero-order valence-corrected chi connectivity index (χ0v) is 18.6. The summed E-state index contributed by atoms with van der Waals surface area (Å²) in [7, 11) is 0. The Labute approximate surface area is 187 Å². The van der Waals surface area contributed by atoms with Crippen molar-refractivity contribution in [2.75, 3.05) is 19.7 Å². The van der Waals surface area contributed by atoms with Crippen molar-refractivity contribution in [2.24, 2.45) is 5.92 Å². The van der Waals surface area contributed by atoms with Crippen LogP contribution in [0.4, 0.5) is 0 Å². The molecule has 8 nitrogen and oxygen atoms in total. The Morgan fingerprint density at radius 2 is 2.03 bits per heavy atom. The van der Waals surface area contributed by atoms with E-state index in [-0.39, 0.29) is 23.5 Å². The number of hydrogen-bond donors (Lipinski definition) is 2. The van der Waals surface area contributed by atoms with E-state index < -0.39 is 11.5 Å². The molecule has 5 heterocycles. The number of morpholine rings is 1. The molecule has 4 aliphatic rings. The summed E-state index contributed by atoms with van der Waals surface area (Å²) < 4.78 is 7.34. The van der Waals surface area contributed by atoms with Gasteiger partial charge in [-0.15, -0.1) is 0 Å². The Bertz CT molecular complexity index is 1050. The minimum absolute atomic E-state index is 0.0412. The van der Waals surface area contributed by atoms with Gasteiger partial charge in [0.05, 0.1) is 18.1 Å². The van der Waals surface area contributed by atoms with Crippen molar-refractivity contribution in [3.05, 3.63) is 34.2 Å². The fraction of sp³-hybridized carbons (Fsp3) is 0.625. The number of ether oxygens (including phenoxy) is 1. The van der Waals surface area contributed by atoms with E-state index in [9.17, 15) is 14.7 Å². The summed E-state index contributed by atoms with van der Waals surface area (Å²) in [6, 6.07) is 3.84. The molecular formula is C24H32N4O4. The molecule has 2 N–H and O–H groups in total. The molecule has 2 aromatic rings. The molecule has 2 aromatic heterocycles. The van der Waals surface area contributed by atoms with Crippen LogP contribution in [0.5, 0.6) is 5.75 Å². The van der Waals surface area contributed by atoms with Crippen LogP contribution in [0.15, 0.2) is 23.1 Å². The summed E-state index contributed by atoms with van der Waals surface area (Å²) in [4.78, 5) is 33.3. The number of fused-ring (bicyclic) bond motifs is 4. The summed E-state index contributed by atoms with van der Waals surface area (Å²) in [5.41, 5.74) is -0.238. The van der Waals surface area contributed by atoms with Crippen LogP contribution >= 0.6 is 0 Å². The van der Waals surface area contributed by atoms with Gasteiger partial charge in [-0.2, -0.15) is 0 Å². The second-order valence-corrected chi connectivity index (χ2v) is 9.67. The van der Waals surface area contributed by atoms with Gasteiger partial charge in [-0.3, -0.25) is 19.1 Å². The van der Waals surface area contributed by atoms with E-state index >= 15 is 0 Å². The van der Waals surface area contributed by atoms with Gasteiger partial charge in [0.2, 0.25) is 0 Å². The number of piperidine rings is 1. The van der Waals surface area contributed by atoms with Crippen LogP contribution in [0.2, 0.25) is 0 Å². The van der Waals surface area contributed by atoms with E-state index in [4.69, 9.17) is 4.74 Å². The largest absolute Gasteiger partial charge is 0.506 e. The Kier molecular flexibility index (Phi) is 5.90. The van der Waals surface area contributed by atoms with E-state index in [1.54, 1.807) is 22.9 Å². The summed E-state index contributed by atoms with van der Waals surface area (Å²) >= 11 is 0. The lowest BCUT2D eigenvalue weighted by atomic mass is 9.87. The van der Waals surface area contributed by atoms with Gasteiger partial charge in [0.15, 0.2) is 0 Å². The standard InChI is InChI=1S/C24H32N4O4/c1-15-4-6-16(7-5-15)26-23(30)20-21(29)19-3-2-10-25-22(19)28(24(20)31)12-11-27-13-18-9-8-17(27)14-32-18/h2-3,10,15-18,29H,4-9,11-14H2,1H3,(H,26,30)/t15?,16?,17-,18-/m0/s1. The number of carbonyl (C=O) groups is 1. The van der Waals surface area contributed by atoms with Crippen molar-refractivity contribution in [1.29, 1.82) is 0 Å². The zero-order chi connectivity index (χ0) is 22.2. The first-order chi connectivity index (χ1) is 15.5. The van der Waals surface area contributed by atoms with Crippen LogP contribution in [0.3, 0.4) is 0 Å². The van der Waals surface area contributed by atoms with Gasteiger partial charge in [0, 0.05) is 37.9 Å². The second kappa shape index (κ2) is 8.83. The number of aromatic hydroxyl groups is 1. The number of amides is 1. The van der Waals surface area contributed by atoms with E-state index in [1.807, 2.05) is 0 Å². The van der Waals surface area contributed by atoms with Crippen LogP contribution < -0.4 is 10.9 Å². The van der Waals surface area contributed by atoms with Crippen LogP contribution in [-0.4, -0.2) is 63.3 Å². The van der Waals surface area contributed by atoms with Crippen LogP contribution in [0.25, 0.3) is 11.0 Å². The van der Waals surface area contributed by atoms with Crippen molar-refractivity contribution in [3.8, 4) is 5.75 Å². The van der Waals surface area contributed by atoms with Gasteiger partial charge in [-0.05, 0) is 56.6 Å². The van der Waals surface area contributed by atoms with Gasteiger partial charge in [-0.25, -0.2) is 4.98 Å². The van der Waals surface area contributed by atoms with E-state index in [0.717, 1.165) is 51.7 Å². The van der Waals surface area contributed by atoms with Gasteiger partial charge in [0.25, 0.3) is 11.5 Å². The minimum atomic E-state index is -0.489. The SMILES string of the molecule is CC1CCC(NC(=O)c2c(O)c3cccnc3n(CCN3C[C@@H]4CC[C@H]3CO4)c2=O)CC1. The number of aromatic nitrogens is 2. The first kappa shape index (κ1) is 21.4. The van der Waals surface area contributed by atoms with E-state index in [0.29, 0.717) is 36.1 Å². The predicted molar refractivity (Wildman–Crippen MR) is 121 cm³/mol. The van der Waals surface area contributed by atoms with Gasteiger partial charge in [0.1, 0.15) is 17.0 Å². The lowest BCUT2D eigenvalue weighted by molar-refractivity contribution is -0.106. The lowest BCUT2D eigenvalue weighted by Crippen LogP contribution is -2.55. The van der Waals surface area contributed by atoms with Gasteiger partial charge < -0.3 is 15.2 Å². The first-order valence-corrected chi connectivity index (χ1v) is 11.9. The second-order valence-electron chi connectivity index (χ2n) is 9.67. The molecule has 0 aromatic carbocycles. The molecule has 3 saturated heterocycles. The number of rotatable bonds is 5. The number of pyridine rings is 2. The summed E-state index contributed by atoms with van der Waals surface area (Å²) in [5, 5.41) is 14.3. The van der Waals surface area contributed by atoms with E-state index in [1.165, 1.54) is 0 Å². The summed E-state index contributed by atoms with van der Waals surface area (Å²) in [6.45, 7) is 4.93. The third kappa shape index (κ3) is 4.01. The van der Waals surface area contributed by atoms with Gasteiger partial charge >= 0.3 is 0 Å². The van der Waals surface area contributed by atoms with Crippen molar-refractivity contribution in [2.45, 2.75) is 70.2 Å². The van der Waals surface area contributed by atoms with Crippen LogP contribution in [0, 0.1) is 5.92 Å². The quantitative estimate of drug-likeness (QED) is 0.741. The maximum atomic E-state index is 13.4. The average molecular weight is 441 g/mol. The molecule has 0 radical (unpaired) electrons. The Balaban J connectivity index is 1.43. The van der Waals surface area contributed by atoms with E-state index in [2.05, 4.69) is 22.1 Å². The Hall–Kier alpha value is -2.45. The molecule has 1 aliphatic carbocycles. The van der Waals surface area contributed by atoms with Crippen molar-refractivity contribution < 1.29 is 14.6 Å².